The van der Waals surface area contributed by atoms with Crippen LogP contribution in [-0.4, -0.2) is 12.5 Å². The molecule has 0 saturated heterocycles. The van der Waals surface area contributed by atoms with E-state index < -0.39 is 0 Å². The van der Waals surface area contributed by atoms with Gasteiger partial charge in [-0.1, -0.05) is 48.5 Å². The molecule has 1 N–H and O–H groups in total. The Kier molecular flexibility index (Phi) is 5.86. The van der Waals surface area contributed by atoms with Crippen molar-refractivity contribution < 1.29 is 9.53 Å². The smallest absolute Gasteiger partial charge is 0.252 e. The number of hydrogen-bond acceptors (Lipinski definition) is 3. The molecule has 3 rings (SSSR count). The Morgan fingerprint density at radius 3 is 2.37 bits per heavy atom. The average Bonchev–Trinajstić information content (AvgIpc) is 2.73. The van der Waals surface area contributed by atoms with E-state index in [1.807, 2.05) is 61.5 Å². The summed E-state index contributed by atoms with van der Waals surface area (Å²) in [7, 11) is 0. The van der Waals surface area contributed by atoms with E-state index >= 15 is 0 Å². The van der Waals surface area contributed by atoms with E-state index in [0.717, 1.165) is 16.9 Å². The summed E-state index contributed by atoms with van der Waals surface area (Å²) in [6.07, 6.45) is 0. The lowest BCUT2D eigenvalue weighted by Gasteiger charge is -2.20. The second kappa shape index (κ2) is 8.68. The van der Waals surface area contributed by atoms with Crippen LogP contribution in [0.1, 0.15) is 40.0 Å². The Bertz CT molecular complexity index is 944. The highest BCUT2D eigenvalue weighted by molar-refractivity contribution is 5.95. The monoisotopic (exact) mass is 356 g/mol. The fraction of sp³-hybridized carbons (Fsp3) is 0.130. The van der Waals surface area contributed by atoms with E-state index in [1.54, 1.807) is 24.3 Å². The third-order valence-electron chi connectivity index (χ3n) is 4.19. The normalized spacial score (nSPS) is 11.3. The fourth-order valence-electron chi connectivity index (χ4n) is 2.87. The van der Waals surface area contributed by atoms with Gasteiger partial charge in [0.2, 0.25) is 0 Å². The van der Waals surface area contributed by atoms with Gasteiger partial charge in [0, 0.05) is 5.56 Å². The summed E-state index contributed by atoms with van der Waals surface area (Å²) >= 11 is 0. The van der Waals surface area contributed by atoms with Gasteiger partial charge in [0.05, 0.1) is 24.3 Å². The molecule has 4 nitrogen and oxygen atoms in total. The summed E-state index contributed by atoms with van der Waals surface area (Å²) in [6, 6.07) is 25.9. The molecule has 134 valence electrons. The largest absolute Gasteiger partial charge is 0.494 e. The van der Waals surface area contributed by atoms with E-state index in [4.69, 9.17) is 10.00 Å². The first-order valence-electron chi connectivity index (χ1n) is 8.80. The van der Waals surface area contributed by atoms with Gasteiger partial charge in [-0.25, -0.2) is 0 Å². The van der Waals surface area contributed by atoms with Gasteiger partial charge in [0.25, 0.3) is 5.91 Å². The molecule has 0 aliphatic rings. The Balaban J connectivity index is 1.90. The number of benzene rings is 3. The van der Waals surface area contributed by atoms with Gasteiger partial charge in [0.1, 0.15) is 5.75 Å². The number of ether oxygens (including phenoxy) is 1. The van der Waals surface area contributed by atoms with Crippen molar-refractivity contribution in [3.05, 3.63) is 101 Å². The summed E-state index contributed by atoms with van der Waals surface area (Å²) in [6.45, 7) is 2.55. The molecule has 1 atom stereocenters. The minimum atomic E-state index is -0.305. The second-order valence-electron chi connectivity index (χ2n) is 6.01. The van der Waals surface area contributed by atoms with E-state index in [-0.39, 0.29) is 11.9 Å². The van der Waals surface area contributed by atoms with E-state index in [0.29, 0.717) is 17.7 Å². The van der Waals surface area contributed by atoms with Crippen LogP contribution in [0.15, 0.2) is 78.9 Å². The molecule has 0 bridgehead atoms. The molecule has 0 aromatic heterocycles. The Morgan fingerprint density at radius 2 is 1.70 bits per heavy atom. The molecule has 0 fully saturated rings. The van der Waals surface area contributed by atoms with E-state index in [1.165, 1.54) is 0 Å². The predicted molar refractivity (Wildman–Crippen MR) is 105 cm³/mol. The molecule has 27 heavy (non-hydrogen) atoms. The van der Waals surface area contributed by atoms with Crippen molar-refractivity contribution in [2.24, 2.45) is 0 Å². The molecule has 4 heteroatoms. The van der Waals surface area contributed by atoms with E-state index in [9.17, 15) is 4.79 Å². The van der Waals surface area contributed by atoms with Crippen LogP contribution >= 0.6 is 0 Å². The van der Waals surface area contributed by atoms with Gasteiger partial charge in [-0.2, -0.15) is 5.26 Å². The zero-order chi connectivity index (χ0) is 19.1. The molecule has 0 aliphatic carbocycles. The van der Waals surface area contributed by atoms with Crippen LogP contribution in [0, 0.1) is 11.3 Å². The standard InChI is InChI=1S/C23H20N2O2/c1-2-27-21-13-11-19(12-14-21)22(18-8-4-3-5-9-18)25-23(26)20-10-6-7-17(15-20)16-24/h3-15,22H,2H2,1H3,(H,25,26). The molecule has 3 aromatic carbocycles. The number of carbonyl (C=O) groups excluding carboxylic acids is 1. The first-order chi connectivity index (χ1) is 13.2. The fourth-order valence-corrected chi connectivity index (χ4v) is 2.87. The van der Waals surface area contributed by atoms with Gasteiger partial charge in [-0.3, -0.25) is 4.79 Å². The first kappa shape index (κ1) is 18.2. The van der Waals surface area contributed by atoms with Crippen LogP contribution < -0.4 is 10.1 Å². The molecule has 1 unspecified atom stereocenters. The summed E-state index contributed by atoms with van der Waals surface area (Å²) in [4.78, 5) is 12.8. The number of carbonyl (C=O) groups is 1. The highest BCUT2D eigenvalue weighted by atomic mass is 16.5. The van der Waals surface area contributed by atoms with Gasteiger partial charge in [-0.15, -0.1) is 0 Å². The number of nitrogens with one attached hydrogen (secondary N) is 1. The van der Waals surface area contributed by atoms with Crippen molar-refractivity contribution >= 4 is 5.91 Å². The highest BCUT2D eigenvalue weighted by Crippen LogP contribution is 2.25. The number of nitrogens with zero attached hydrogens (tertiary/aromatic N) is 1. The summed E-state index contributed by atoms with van der Waals surface area (Å²) in [5.74, 6) is 0.566. The molecular formula is C23H20N2O2. The first-order valence-corrected chi connectivity index (χ1v) is 8.80. The Labute approximate surface area is 159 Å². The van der Waals surface area contributed by atoms with Gasteiger partial charge < -0.3 is 10.1 Å². The van der Waals surface area contributed by atoms with Crippen molar-refractivity contribution in [1.29, 1.82) is 5.26 Å². The summed E-state index contributed by atoms with van der Waals surface area (Å²) < 4.78 is 5.50. The number of hydrogen-bond donors (Lipinski definition) is 1. The Morgan fingerprint density at radius 1 is 1.00 bits per heavy atom. The quantitative estimate of drug-likeness (QED) is 0.708. The second-order valence-corrected chi connectivity index (χ2v) is 6.01. The number of rotatable bonds is 6. The molecular weight excluding hydrogens is 336 g/mol. The molecule has 0 saturated carbocycles. The van der Waals surface area contributed by atoms with Crippen LogP contribution in [0.25, 0.3) is 0 Å². The van der Waals surface area contributed by atoms with Crippen LogP contribution in [0.5, 0.6) is 5.75 Å². The molecule has 3 aromatic rings. The lowest BCUT2D eigenvalue weighted by atomic mass is 9.98. The molecule has 0 heterocycles. The lowest BCUT2D eigenvalue weighted by molar-refractivity contribution is 0.0943. The third-order valence-corrected chi connectivity index (χ3v) is 4.19. The van der Waals surface area contributed by atoms with Crippen molar-refractivity contribution in [2.45, 2.75) is 13.0 Å². The average molecular weight is 356 g/mol. The maximum Gasteiger partial charge on any atom is 0.252 e. The Hall–Kier alpha value is -3.58. The predicted octanol–water partition coefficient (Wildman–Crippen LogP) is 4.48. The maximum atomic E-state index is 12.8. The SMILES string of the molecule is CCOc1ccc(C(NC(=O)c2cccc(C#N)c2)c2ccccc2)cc1. The van der Waals surface area contributed by atoms with Gasteiger partial charge in [0.15, 0.2) is 0 Å². The maximum absolute atomic E-state index is 12.8. The zero-order valence-corrected chi connectivity index (χ0v) is 15.1. The van der Waals surface area contributed by atoms with Gasteiger partial charge in [-0.05, 0) is 48.4 Å². The van der Waals surface area contributed by atoms with Gasteiger partial charge >= 0.3 is 0 Å². The summed E-state index contributed by atoms with van der Waals surface area (Å²) in [5.41, 5.74) is 2.85. The topological polar surface area (TPSA) is 62.1 Å². The van der Waals surface area contributed by atoms with Crippen molar-refractivity contribution in [3.8, 4) is 11.8 Å². The number of nitriles is 1. The minimum Gasteiger partial charge on any atom is -0.494 e. The molecule has 0 radical (unpaired) electrons. The minimum absolute atomic E-state index is 0.227. The van der Waals surface area contributed by atoms with Crippen LogP contribution in [-0.2, 0) is 0 Å². The van der Waals surface area contributed by atoms with E-state index in [2.05, 4.69) is 11.4 Å². The highest BCUT2D eigenvalue weighted by Gasteiger charge is 2.18. The lowest BCUT2D eigenvalue weighted by Crippen LogP contribution is -2.29. The van der Waals surface area contributed by atoms with Crippen LogP contribution in [0.3, 0.4) is 0 Å². The van der Waals surface area contributed by atoms with Crippen molar-refractivity contribution in [2.75, 3.05) is 6.61 Å². The molecule has 1 amide bonds. The van der Waals surface area contributed by atoms with Crippen molar-refractivity contribution in [1.82, 2.24) is 5.32 Å². The molecule has 0 aliphatic heterocycles. The summed E-state index contributed by atoms with van der Waals surface area (Å²) in [5, 5.41) is 12.1. The third kappa shape index (κ3) is 4.53. The van der Waals surface area contributed by atoms with Crippen LogP contribution in [0.4, 0.5) is 0 Å². The van der Waals surface area contributed by atoms with Crippen LogP contribution in [0.2, 0.25) is 0 Å². The number of amides is 1. The zero-order valence-electron chi connectivity index (χ0n) is 15.1. The molecule has 0 spiro atoms. The van der Waals surface area contributed by atoms with Crippen molar-refractivity contribution in [3.63, 3.8) is 0 Å².